The van der Waals surface area contributed by atoms with Crippen LogP contribution in [-0.4, -0.2) is 30.4 Å². The maximum absolute atomic E-state index is 13.8. The summed E-state index contributed by atoms with van der Waals surface area (Å²) in [6.07, 6.45) is 4.21. The van der Waals surface area contributed by atoms with E-state index in [9.17, 15) is 9.18 Å². The van der Waals surface area contributed by atoms with Crippen molar-refractivity contribution in [2.45, 2.75) is 46.0 Å². The van der Waals surface area contributed by atoms with Gasteiger partial charge in [-0.05, 0) is 49.7 Å². The number of halogens is 1. The molecule has 0 aromatic heterocycles. The first-order valence-electron chi connectivity index (χ1n) is 8.79. The van der Waals surface area contributed by atoms with Gasteiger partial charge in [-0.2, -0.15) is 0 Å². The molecule has 128 valence electrons. The average Bonchev–Trinajstić information content (AvgIpc) is 2.59. The van der Waals surface area contributed by atoms with Crippen molar-refractivity contribution in [3.8, 4) is 0 Å². The number of nitrogens with zero attached hydrogens (tertiary/aromatic N) is 1. The SMILES string of the molecule is CCC(CC)(CN)C(=O)N1CCC(Cc2ccccc2F)CC1. The summed E-state index contributed by atoms with van der Waals surface area (Å²) in [4.78, 5) is 14.8. The van der Waals surface area contributed by atoms with Crippen molar-refractivity contribution in [3.05, 3.63) is 35.6 Å². The summed E-state index contributed by atoms with van der Waals surface area (Å²) in [6.45, 7) is 6.02. The molecule has 1 aromatic carbocycles. The summed E-state index contributed by atoms with van der Waals surface area (Å²) in [5.74, 6) is 0.533. The number of piperidine rings is 1. The lowest BCUT2D eigenvalue weighted by atomic mass is 9.80. The van der Waals surface area contributed by atoms with Crippen LogP contribution in [0.3, 0.4) is 0 Å². The molecule has 3 nitrogen and oxygen atoms in total. The van der Waals surface area contributed by atoms with Crippen molar-refractivity contribution < 1.29 is 9.18 Å². The lowest BCUT2D eigenvalue weighted by molar-refractivity contribution is -0.143. The molecule has 4 heteroatoms. The first-order valence-corrected chi connectivity index (χ1v) is 8.79. The van der Waals surface area contributed by atoms with Gasteiger partial charge >= 0.3 is 0 Å². The van der Waals surface area contributed by atoms with E-state index in [1.54, 1.807) is 6.07 Å². The Bertz CT molecular complexity index is 512. The van der Waals surface area contributed by atoms with Crippen molar-refractivity contribution in [1.82, 2.24) is 4.90 Å². The largest absolute Gasteiger partial charge is 0.342 e. The third kappa shape index (κ3) is 3.92. The van der Waals surface area contributed by atoms with Crippen molar-refractivity contribution in [1.29, 1.82) is 0 Å². The summed E-state index contributed by atoms with van der Waals surface area (Å²) in [7, 11) is 0. The van der Waals surface area contributed by atoms with E-state index in [0.29, 0.717) is 12.5 Å². The van der Waals surface area contributed by atoms with E-state index in [1.165, 1.54) is 6.07 Å². The zero-order valence-electron chi connectivity index (χ0n) is 14.4. The first kappa shape index (κ1) is 17.9. The lowest BCUT2D eigenvalue weighted by Gasteiger charge is -2.39. The predicted octanol–water partition coefficient (Wildman–Crippen LogP) is 3.37. The normalized spacial score (nSPS) is 16.6. The van der Waals surface area contributed by atoms with Crippen molar-refractivity contribution >= 4 is 5.91 Å². The monoisotopic (exact) mass is 320 g/mol. The van der Waals surface area contributed by atoms with Gasteiger partial charge < -0.3 is 10.6 Å². The van der Waals surface area contributed by atoms with Gasteiger partial charge in [0.25, 0.3) is 0 Å². The molecule has 0 radical (unpaired) electrons. The Kier molecular flexibility index (Phi) is 6.17. The van der Waals surface area contributed by atoms with E-state index >= 15 is 0 Å². The molecular weight excluding hydrogens is 291 g/mol. The second kappa shape index (κ2) is 7.91. The van der Waals surface area contributed by atoms with Gasteiger partial charge in [-0.1, -0.05) is 32.0 Å². The van der Waals surface area contributed by atoms with Crippen LogP contribution in [0.1, 0.15) is 45.1 Å². The molecule has 1 saturated heterocycles. The molecule has 1 heterocycles. The Morgan fingerprint density at radius 1 is 1.26 bits per heavy atom. The Morgan fingerprint density at radius 2 is 1.87 bits per heavy atom. The number of carbonyl (C=O) groups is 1. The molecule has 1 aliphatic heterocycles. The molecule has 1 amide bonds. The smallest absolute Gasteiger partial charge is 0.230 e. The Morgan fingerprint density at radius 3 is 2.39 bits per heavy atom. The van der Waals surface area contributed by atoms with Gasteiger partial charge in [0.1, 0.15) is 5.82 Å². The van der Waals surface area contributed by atoms with E-state index in [1.807, 2.05) is 30.9 Å². The van der Waals surface area contributed by atoms with E-state index in [2.05, 4.69) is 0 Å². The third-order valence-corrected chi connectivity index (χ3v) is 5.57. The summed E-state index contributed by atoms with van der Waals surface area (Å²) in [5, 5.41) is 0. The highest BCUT2D eigenvalue weighted by Crippen LogP contribution is 2.31. The van der Waals surface area contributed by atoms with Gasteiger partial charge in [0.15, 0.2) is 0 Å². The van der Waals surface area contributed by atoms with Gasteiger partial charge in [-0.3, -0.25) is 4.79 Å². The van der Waals surface area contributed by atoms with Gasteiger partial charge in [0.05, 0.1) is 5.41 Å². The molecule has 0 spiro atoms. The molecule has 0 aliphatic carbocycles. The number of rotatable bonds is 6. The quantitative estimate of drug-likeness (QED) is 0.873. The van der Waals surface area contributed by atoms with E-state index in [0.717, 1.165) is 50.8 Å². The highest BCUT2D eigenvalue weighted by Gasteiger charge is 2.38. The molecule has 23 heavy (non-hydrogen) atoms. The maximum Gasteiger partial charge on any atom is 0.230 e. The Balaban J connectivity index is 1.93. The van der Waals surface area contributed by atoms with Crippen LogP contribution in [0.5, 0.6) is 0 Å². The van der Waals surface area contributed by atoms with E-state index < -0.39 is 5.41 Å². The van der Waals surface area contributed by atoms with Gasteiger partial charge in [-0.15, -0.1) is 0 Å². The number of nitrogens with two attached hydrogens (primary N) is 1. The highest BCUT2D eigenvalue weighted by atomic mass is 19.1. The van der Waals surface area contributed by atoms with Crippen LogP contribution in [0.15, 0.2) is 24.3 Å². The van der Waals surface area contributed by atoms with Gasteiger partial charge in [-0.25, -0.2) is 4.39 Å². The number of hydrogen-bond acceptors (Lipinski definition) is 2. The molecule has 0 unspecified atom stereocenters. The lowest BCUT2D eigenvalue weighted by Crippen LogP contribution is -2.50. The van der Waals surface area contributed by atoms with Crippen LogP contribution in [0, 0.1) is 17.2 Å². The van der Waals surface area contributed by atoms with Crippen molar-refractivity contribution in [3.63, 3.8) is 0 Å². The molecule has 0 bridgehead atoms. The summed E-state index contributed by atoms with van der Waals surface area (Å²) in [5.41, 5.74) is 6.28. The van der Waals surface area contributed by atoms with Crippen LogP contribution in [-0.2, 0) is 11.2 Å². The predicted molar refractivity (Wildman–Crippen MR) is 91.5 cm³/mol. The first-order chi connectivity index (χ1) is 11.1. The summed E-state index contributed by atoms with van der Waals surface area (Å²) < 4.78 is 13.8. The van der Waals surface area contributed by atoms with Crippen molar-refractivity contribution in [2.75, 3.05) is 19.6 Å². The molecule has 1 aliphatic rings. The molecule has 0 saturated carbocycles. The fourth-order valence-electron chi connectivity index (χ4n) is 3.58. The van der Waals surface area contributed by atoms with Crippen LogP contribution < -0.4 is 5.73 Å². The number of carbonyl (C=O) groups excluding carboxylic acids is 1. The van der Waals surface area contributed by atoms with E-state index in [-0.39, 0.29) is 11.7 Å². The Labute approximate surface area is 139 Å². The minimum Gasteiger partial charge on any atom is -0.342 e. The van der Waals surface area contributed by atoms with Crippen molar-refractivity contribution in [2.24, 2.45) is 17.1 Å². The number of hydrogen-bond donors (Lipinski definition) is 1. The number of likely N-dealkylation sites (tertiary alicyclic amines) is 1. The highest BCUT2D eigenvalue weighted by molar-refractivity contribution is 5.83. The summed E-state index contributed by atoms with van der Waals surface area (Å²) >= 11 is 0. The van der Waals surface area contributed by atoms with Crippen LogP contribution in [0.25, 0.3) is 0 Å². The zero-order valence-corrected chi connectivity index (χ0v) is 14.4. The number of amides is 1. The Hall–Kier alpha value is -1.42. The zero-order chi connectivity index (χ0) is 16.9. The molecule has 0 atom stereocenters. The van der Waals surface area contributed by atoms with Crippen LogP contribution in [0.2, 0.25) is 0 Å². The second-order valence-corrected chi connectivity index (χ2v) is 6.72. The minimum atomic E-state index is -0.404. The average molecular weight is 320 g/mol. The number of benzene rings is 1. The van der Waals surface area contributed by atoms with Crippen LogP contribution in [0.4, 0.5) is 4.39 Å². The fraction of sp³-hybridized carbons (Fsp3) is 0.632. The minimum absolute atomic E-state index is 0.120. The second-order valence-electron chi connectivity index (χ2n) is 6.72. The molecule has 2 rings (SSSR count). The fourth-order valence-corrected chi connectivity index (χ4v) is 3.58. The molecule has 1 aromatic rings. The van der Waals surface area contributed by atoms with Crippen LogP contribution >= 0.6 is 0 Å². The van der Waals surface area contributed by atoms with Gasteiger partial charge in [0, 0.05) is 19.6 Å². The maximum atomic E-state index is 13.8. The van der Waals surface area contributed by atoms with E-state index in [4.69, 9.17) is 5.73 Å². The third-order valence-electron chi connectivity index (χ3n) is 5.57. The van der Waals surface area contributed by atoms with Gasteiger partial charge in [0.2, 0.25) is 5.91 Å². The summed E-state index contributed by atoms with van der Waals surface area (Å²) in [6, 6.07) is 6.99. The molecule has 1 fully saturated rings. The molecular formula is C19H29FN2O. The topological polar surface area (TPSA) is 46.3 Å². The standard InChI is InChI=1S/C19H29FN2O/c1-3-19(4-2,14-21)18(23)22-11-9-15(10-12-22)13-16-7-5-6-8-17(16)20/h5-8,15H,3-4,9-14,21H2,1-2H3. The molecule has 2 N–H and O–H groups in total.